The summed E-state index contributed by atoms with van der Waals surface area (Å²) in [4.78, 5) is 154. The molecule has 6 rings (SSSR count). The Kier molecular flexibility index (Phi) is 23.0. The minimum atomic E-state index is -1.52. The predicted molar refractivity (Wildman–Crippen MR) is 317 cm³/mol. The number of hydrogen-bond acceptors (Lipinski definition) is 16. The quantitative estimate of drug-likeness (QED) is 0.0255. The number of amides is 11. The highest BCUT2D eigenvalue weighted by Gasteiger charge is 2.23. The van der Waals surface area contributed by atoms with E-state index < -0.39 is 59.3 Å². The molecule has 0 aliphatic carbocycles. The molecular weight excluding hydrogens is 1130 g/mol. The molecule has 33 heteroatoms. The van der Waals surface area contributed by atoms with E-state index >= 15 is 0 Å². The van der Waals surface area contributed by atoms with Crippen molar-refractivity contribution < 1.29 is 57.8 Å². The van der Waals surface area contributed by atoms with Gasteiger partial charge in [-0.2, -0.15) is 0 Å². The van der Waals surface area contributed by atoms with Crippen LogP contribution < -0.4 is 58.5 Å². The van der Waals surface area contributed by atoms with E-state index in [0.717, 1.165) is 13.0 Å². The highest BCUT2D eigenvalue weighted by Crippen LogP contribution is 2.19. The van der Waals surface area contributed by atoms with Crippen molar-refractivity contribution in [3.63, 3.8) is 0 Å². The molecule has 0 radical (unpaired) electrons. The van der Waals surface area contributed by atoms with Crippen LogP contribution in [-0.2, 0) is 66.3 Å². The van der Waals surface area contributed by atoms with Crippen LogP contribution in [0.25, 0.3) is 0 Å². The van der Waals surface area contributed by atoms with Crippen molar-refractivity contribution >= 4 is 99.5 Å². The lowest BCUT2D eigenvalue weighted by atomic mass is 10.2. The molecule has 11 amide bonds. The molecule has 0 aliphatic heterocycles. The molecule has 0 saturated carbocycles. The molecule has 6 aromatic rings. The first kappa shape index (κ1) is 65.7. The Morgan fingerprint density at radius 3 is 1.30 bits per heavy atom. The Bertz CT molecular complexity index is 3540. The molecule has 6 heterocycles. The van der Waals surface area contributed by atoms with Gasteiger partial charge in [-0.1, -0.05) is 0 Å². The van der Waals surface area contributed by atoms with Gasteiger partial charge >= 0.3 is 0 Å². The molecule has 87 heavy (non-hydrogen) atoms. The number of hydrogen-bond donors (Lipinski definition) is 12. The third-order valence-corrected chi connectivity index (χ3v) is 12.8. The minimum absolute atomic E-state index is 0.0236. The monoisotopic (exact) mass is 1210 g/mol. The van der Waals surface area contributed by atoms with Gasteiger partial charge in [0.1, 0.15) is 23.2 Å². The lowest BCUT2D eigenvalue weighted by Crippen LogP contribution is -2.33. The summed E-state index contributed by atoms with van der Waals surface area (Å²) in [5.74, 6) is -5.30. The first-order valence-corrected chi connectivity index (χ1v) is 27.4. The lowest BCUT2D eigenvalue weighted by molar-refractivity contribution is -0.124. The number of nitrogens with one attached hydrogen (secondary N) is 11. The van der Waals surface area contributed by atoms with E-state index in [1.807, 2.05) is 19.0 Å². The van der Waals surface area contributed by atoms with Gasteiger partial charge in [0.25, 0.3) is 41.4 Å². The van der Waals surface area contributed by atoms with Crippen LogP contribution in [0.3, 0.4) is 0 Å². The summed E-state index contributed by atoms with van der Waals surface area (Å²) < 4.78 is 8.67. The normalized spacial score (nSPS) is 11.3. The number of imidazole rings is 3. The van der Waals surface area contributed by atoms with Crippen molar-refractivity contribution in [2.45, 2.75) is 51.6 Å². The van der Waals surface area contributed by atoms with E-state index in [1.54, 1.807) is 42.3 Å². The Morgan fingerprint density at radius 2 is 0.828 bits per heavy atom. The second-order valence-electron chi connectivity index (χ2n) is 20.5. The maximum Gasteiger partial charge on any atom is 0.291 e. The van der Waals surface area contributed by atoms with Gasteiger partial charge in [0.15, 0.2) is 17.5 Å². The summed E-state index contributed by atoms with van der Waals surface area (Å²) in [5.41, 5.74) is 1.33. The maximum atomic E-state index is 13.3. The summed E-state index contributed by atoms with van der Waals surface area (Å²) in [6, 6.07) is 4.30. The Hall–Kier alpha value is -10.4. The SMILES string of the molecule is CC(=O)Nc1cn(C)c(C(=O)NCCC(=O)Nc2cn(C)c(C(=O)Nc3cc(C(=O)NCCCC(=O)Nc4cn(C)c(C(=O)Nc5cc(C(=O)NCC[C@H](O)C(=O)Nc6cc(C(=O)NCCC(=O)NCCCN(C)C)n(C)c6)n(C)c5)n4)n(C)c3)n2)n1. The molecule has 0 spiro atoms. The van der Waals surface area contributed by atoms with Gasteiger partial charge in [0.05, 0.1) is 17.1 Å². The first-order valence-electron chi connectivity index (χ1n) is 27.4. The third-order valence-electron chi connectivity index (χ3n) is 12.8. The van der Waals surface area contributed by atoms with E-state index in [9.17, 15) is 57.8 Å². The first-order chi connectivity index (χ1) is 41.2. The van der Waals surface area contributed by atoms with Crippen molar-refractivity contribution in [1.82, 2.24) is 73.8 Å². The summed E-state index contributed by atoms with van der Waals surface area (Å²) >= 11 is 0. The molecule has 6 aromatic heterocycles. The van der Waals surface area contributed by atoms with Crippen LogP contribution in [0.5, 0.6) is 0 Å². The van der Waals surface area contributed by atoms with Gasteiger partial charge in [-0.05, 0) is 58.1 Å². The molecule has 1 atom stereocenters. The average molecular weight is 1210 g/mol. The van der Waals surface area contributed by atoms with Gasteiger partial charge < -0.3 is 95.9 Å². The molecule has 0 bridgehead atoms. The van der Waals surface area contributed by atoms with Crippen LogP contribution in [0.2, 0.25) is 0 Å². The highest BCUT2D eigenvalue weighted by atomic mass is 16.3. The molecule has 0 fully saturated rings. The Labute approximate surface area is 498 Å². The Morgan fingerprint density at radius 1 is 0.437 bits per heavy atom. The molecule has 33 nitrogen and oxygen atoms in total. The molecule has 0 saturated heterocycles. The number of rotatable bonds is 30. The van der Waals surface area contributed by atoms with Gasteiger partial charge in [-0.3, -0.25) is 52.7 Å². The van der Waals surface area contributed by atoms with E-state index in [4.69, 9.17) is 0 Å². The lowest BCUT2D eigenvalue weighted by Gasteiger charge is -2.11. The number of nitrogens with zero attached hydrogens (tertiary/aromatic N) is 10. The van der Waals surface area contributed by atoms with Crippen LogP contribution in [0.4, 0.5) is 34.5 Å². The number of carbonyl (C=O) groups is 11. The zero-order valence-electron chi connectivity index (χ0n) is 49.7. The summed E-state index contributed by atoms with van der Waals surface area (Å²) in [7, 11) is 13.4. The van der Waals surface area contributed by atoms with Crippen LogP contribution in [0.1, 0.15) is 109 Å². The van der Waals surface area contributed by atoms with Gasteiger partial charge in [-0.25, -0.2) is 15.0 Å². The molecule has 0 aliphatic rings. The largest absolute Gasteiger partial charge is 0.383 e. The Balaban J connectivity index is 0.865. The molecule has 12 N–H and O–H groups in total. The number of aromatic nitrogens is 9. The van der Waals surface area contributed by atoms with Crippen LogP contribution in [0.15, 0.2) is 55.4 Å². The van der Waals surface area contributed by atoms with E-state index in [1.165, 1.54) is 89.7 Å². The van der Waals surface area contributed by atoms with Crippen LogP contribution in [0, 0.1) is 0 Å². The van der Waals surface area contributed by atoms with Crippen LogP contribution >= 0.6 is 0 Å². The van der Waals surface area contributed by atoms with Gasteiger partial charge in [0, 0.05) is 138 Å². The number of aryl methyl sites for hydroxylation is 6. The highest BCUT2D eigenvalue weighted by molar-refractivity contribution is 6.05. The van der Waals surface area contributed by atoms with Crippen molar-refractivity contribution in [2.75, 3.05) is 85.3 Å². The third kappa shape index (κ3) is 19.3. The maximum absolute atomic E-state index is 13.3. The van der Waals surface area contributed by atoms with E-state index in [-0.39, 0.29) is 139 Å². The van der Waals surface area contributed by atoms with Crippen LogP contribution in [-0.4, -0.2) is 177 Å². The van der Waals surface area contributed by atoms with Gasteiger partial charge in [0.2, 0.25) is 41.1 Å². The van der Waals surface area contributed by atoms with E-state index in [0.29, 0.717) is 6.54 Å². The molecule has 0 unspecified atom stereocenters. The van der Waals surface area contributed by atoms with E-state index in [2.05, 4.69) is 73.4 Å². The fourth-order valence-corrected chi connectivity index (χ4v) is 8.52. The second kappa shape index (κ2) is 30.4. The smallest absolute Gasteiger partial charge is 0.291 e. The van der Waals surface area contributed by atoms with Crippen molar-refractivity contribution in [1.29, 1.82) is 0 Å². The zero-order chi connectivity index (χ0) is 63.6. The fraction of sp³-hybridized carbons (Fsp3) is 0.407. The zero-order valence-corrected chi connectivity index (χ0v) is 49.7. The predicted octanol–water partition coefficient (Wildman–Crippen LogP) is -0.420. The number of carbonyl (C=O) groups excluding carboxylic acids is 11. The van der Waals surface area contributed by atoms with Gasteiger partial charge in [-0.15, -0.1) is 0 Å². The average Bonchev–Trinajstić information content (AvgIpc) is 3.43. The molecular formula is C54H73N21O12. The number of aliphatic hydroxyl groups is 1. The summed E-state index contributed by atoms with van der Waals surface area (Å²) in [5, 5.41) is 39.6. The fourth-order valence-electron chi connectivity index (χ4n) is 8.52. The second-order valence-corrected chi connectivity index (χ2v) is 20.5. The summed E-state index contributed by atoms with van der Waals surface area (Å²) in [6.07, 6.45) is 8.14. The van der Waals surface area contributed by atoms with Crippen molar-refractivity contribution in [2.24, 2.45) is 42.3 Å². The summed E-state index contributed by atoms with van der Waals surface area (Å²) in [6.45, 7) is 2.74. The topological polar surface area (TPSA) is 412 Å². The van der Waals surface area contributed by atoms with Crippen molar-refractivity contribution in [3.8, 4) is 0 Å². The molecule has 466 valence electrons. The number of anilines is 6. The molecule has 0 aromatic carbocycles. The standard InChI is InChI=1S/C54H73N21O12/c1-31(76)60-39-28-73(7)45(66-39)52(85)59-20-15-44(80)65-41-30-75(9)47(68-41)54(87)62-33-23-35(71(5)26-33)48(81)56-16-10-12-43(79)64-40-29-74(8)46(67-40)53(86)63-34-24-37(72(6)27-34)49(82)57-18-13-38(77)51(84)61-32-22-36(70(4)25-32)50(83)58-19-14-42(78)55-17-11-21-69(2)3/h22-30,38,77H,10-21H2,1-9H3,(H,55,78)(H,56,81)(H,57,82)(H,58,83)(H,59,85)(H,60,76)(H,61,84)(H,62,87)(H,63,86)(H,64,79)(H,65,80)/t38-/m0/s1. The minimum Gasteiger partial charge on any atom is -0.383 e. The number of aliphatic hydroxyl groups excluding tert-OH is 1. The van der Waals surface area contributed by atoms with Crippen molar-refractivity contribution in [3.05, 3.63) is 89.9 Å².